The molecule has 0 aliphatic carbocycles. The lowest BCUT2D eigenvalue weighted by molar-refractivity contribution is -0.137. The quantitative estimate of drug-likeness (QED) is 0.320. The Labute approximate surface area is 178 Å². The third-order valence-corrected chi connectivity index (χ3v) is 5.90. The van der Waals surface area contributed by atoms with Gasteiger partial charge in [-0.25, -0.2) is 0 Å². The SMILES string of the molecule is COC(=O)CSc1nnc(CCn2c3ccccc3c3ccccc32)n1CC(C)=O. The number of carbonyl (C=O) groups excluding carboxylic acids is 2. The molecule has 154 valence electrons. The zero-order valence-electron chi connectivity index (χ0n) is 16.9. The number of Topliss-reactive ketones (excluding diaryl/α,β-unsaturated/α-hetero) is 1. The molecule has 0 saturated carbocycles. The van der Waals surface area contributed by atoms with E-state index < -0.39 is 0 Å². The minimum absolute atomic E-state index is 0.00725. The van der Waals surface area contributed by atoms with Crippen molar-refractivity contribution in [1.82, 2.24) is 19.3 Å². The fourth-order valence-corrected chi connectivity index (χ4v) is 4.42. The van der Waals surface area contributed by atoms with E-state index in [2.05, 4.69) is 39.0 Å². The Morgan fingerprint density at radius 1 is 0.967 bits per heavy atom. The van der Waals surface area contributed by atoms with Gasteiger partial charge in [-0.05, 0) is 19.1 Å². The van der Waals surface area contributed by atoms with Crippen molar-refractivity contribution < 1.29 is 14.3 Å². The number of thioether (sulfide) groups is 1. The standard InChI is InChI=1S/C22H22N4O3S/c1-15(27)13-26-20(23-24-22(26)30-14-21(28)29-2)11-12-25-18-9-5-3-7-16(18)17-8-4-6-10-19(17)25/h3-10H,11-14H2,1-2H3. The van der Waals surface area contributed by atoms with Crippen LogP contribution in [0.3, 0.4) is 0 Å². The maximum atomic E-state index is 11.8. The molecule has 7 nitrogen and oxygen atoms in total. The van der Waals surface area contributed by atoms with Crippen molar-refractivity contribution in [2.75, 3.05) is 12.9 Å². The molecule has 0 amide bonds. The summed E-state index contributed by atoms with van der Waals surface area (Å²) in [5.41, 5.74) is 2.33. The fraction of sp³-hybridized carbons (Fsp3) is 0.273. The number of benzene rings is 2. The first-order valence-electron chi connectivity index (χ1n) is 9.65. The molecule has 0 radical (unpaired) electrons. The van der Waals surface area contributed by atoms with Crippen molar-refractivity contribution in [2.45, 2.75) is 31.6 Å². The lowest BCUT2D eigenvalue weighted by Crippen LogP contribution is -2.14. The Morgan fingerprint density at radius 3 is 2.20 bits per heavy atom. The molecule has 0 aliphatic heterocycles. The number of carbonyl (C=O) groups is 2. The van der Waals surface area contributed by atoms with E-state index in [4.69, 9.17) is 4.74 Å². The predicted molar refractivity (Wildman–Crippen MR) is 117 cm³/mol. The minimum Gasteiger partial charge on any atom is -0.468 e. The highest BCUT2D eigenvalue weighted by atomic mass is 32.2. The summed E-state index contributed by atoms with van der Waals surface area (Å²) in [6.07, 6.45) is 0.613. The molecule has 2 aromatic carbocycles. The number of fused-ring (bicyclic) bond motifs is 3. The van der Waals surface area contributed by atoms with E-state index in [0.29, 0.717) is 18.1 Å². The molecule has 0 aliphatic rings. The molecule has 8 heteroatoms. The molecule has 0 atom stereocenters. The molecule has 2 aromatic heterocycles. The highest BCUT2D eigenvalue weighted by Gasteiger charge is 2.17. The van der Waals surface area contributed by atoms with Crippen LogP contribution in [0.25, 0.3) is 21.8 Å². The van der Waals surface area contributed by atoms with Crippen LogP contribution in [0.4, 0.5) is 0 Å². The fourth-order valence-electron chi connectivity index (χ4n) is 3.63. The molecule has 0 fully saturated rings. The maximum Gasteiger partial charge on any atom is 0.316 e. The van der Waals surface area contributed by atoms with Crippen LogP contribution in [0.15, 0.2) is 53.7 Å². The number of para-hydroxylation sites is 2. The molecule has 0 saturated heterocycles. The van der Waals surface area contributed by atoms with Crippen molar-refractivity contribution in [2.24, 2.45) is 0 Å². The summed E-state index contributed by atoms with van der Waals surface area (Å²) in [4.78, 5) is 23.3. The van der Waals surface area contributed by atoms with E-state index >= 15 is 0 Å². The monoisotopic (exact) mass is 422 g/mol. The molecule has 4 aromatic rings. The normalized spacial score (nSPS) is 11.3. The Morgan fingerprint density at radius 2 is 1.60 bits per heavy atom. The van der Waals surface area contributed by atoms with Crippen LogP contribution < -0.4 is 0 Å². The van der Waals surface area contributed by atoms with Gasteiger partial charge in [0.2, 0.25) is 0 Å². The Hall–Kier alpha value is -3.13. The summed E-state index contributed by atoms with van der Waals surface area (Å²) in [6.45, 7) is 2.41. The molecule has 4 rings (SSSR count). The van der Waals surface area contributed by atoms with E-state index in [1.54, 1.807) is 4.57 Å². The molecule has 2 heterocycles. The summed E-state index contributed by atoms with van der Waals surface area (Å²) in [5, 5.41) is 11.5. The number of aromatic nitrogens is 4. The lowest BCUT2D eigenvalue weighted by atomic mass is 10.2. The summed E-state index contributed by atoms with van der Waals surface area (Å²) in [6, 6.07) is 16.7. The van der Waals surface area contributed by atoms with Crippen LogP contribution in [-0.4, -0.2) is 43.9 Å². The number of ketones is 1. The van der Waals surface area contributed by atoms with E-state index in [9.17, 15) is 9.59 Å². The van der Waals surface area contributed by atoms with E-state index in [1.807, 2.05) is 24.3 Å². The third-order valence-electron chi connectivity index (χ3n) is 4.96. The first-order valence-corrected chi connectivity index (χ1v) is 10.6. The smallest absolute Gasteiger partial charge is 0.316 e. The highest BCUT2D eigenvalue weighted by molar-refractivity contribution is 7.99. The zero-order valence-corrected chi connectivity index (χ0v) is 17.7. The number of methoxy groups -OCH3 is 1. The largest absolute Gasteiger partial charge is 0.468 e. The maximum absolute atomic E-state index is 11.8. The van der Waals surface area contributed by atoms with Gasteiger partial charge in [0.1, 0.15) is 11.6 Å². The van der Waals surface area contributed by atoms with Crippen molar-refractivity contribution in [3.05, 3.63) is 54.4 Å². The van der Waals surface area contributed by atoms with Crippen LogP contribution in [0.1, 0.15) is 12.7 Å². The van der Waals surface area contributed by atoms with Gasteiger partial charge in [0, 0.05) is 34.8 Å². The molecule has 0 spiro atoms. The second-order valence-corrected chi connectivity index (χ2v) is 7.93. The minimum atomic E-state index is -0.343. The first kappa shape index (κ1) is 20.2. The van der Waals surface area contributed by atoms with Gasteiger partial charge < -0.3 is 9.30 Å². The van der Waals surface area contributed by atoms with Gasteiger partial charge in [-0.2, -0.15) is 0 Å². The second kappa shape index (κ2) is 8.71. The van der Waals surface area contributed by atoms with E-state index in [1.165, 1.54) is 36.6 Å². The van der Waals surface area contributed by atoms with Crippen LogP contribution in [0.5, 0.6) is 0 Å². The van der Waals surface area contributed by atoms with Gasteiger partial charge in [0.15, 0.2) is 5.16 Å². The summed E-state index contributed by atoms with van der Waals surface area (Å²) < 4.78 is 8.76. The molecular weight excluding hydrogens is 400 g/mol. The number of hydrogen-bond acceptors (Lipinski definition) is 6. The van der Waals surface area contributed by atoms with Crippen molar-refractivity contribution in [3.63, 3.8) is 0 Å². The highest BCUT2D eigenvalue weighted by Crippen LogP contribution is 2.29. The van der Waals surface area contributed by atoms with Gasteiger partial charge in [0.05, 0.1) is 19.4 Å². The number of rotatable bonds is 8. The first-order chi connectivity index (χ1) is 14.6. The number of nitrogens with zero attached hydrogens (tertiary/aromatic N) is 4. The van der Waals surface area contributed by atoms with Crippen LogP contribution in [0, 0.1) is 0 Å². The number of esters is 1. The number of ether oxygens (including phenoxy) is 1. The average molecular weight is 423 g/mol. The van der Waals surface area contributed by atoms with Gasteiger partial charge >= 0.3 is 5.97 Å². The third kappa shape index (κ3) is 3.95. The molecular formula is C22H22N4O3S. The van der Waals surface area contributed by atoms with Crippen molar-refractivity contribution in [3.8, 4) is 0 Å². The Kier molecular flexibility index (Phi) is 5.85. The van der Waals surface area contributed by atoms with E-state index in [0.717, 1.165) is 16.9 Å². The summed E-state index contributed by atoms with van der Waals surface area (Å²) in [5.74, 6) is 0.510. The average Bonchev–Trinajstić information content (AvgIpc) is 3.28. The number of hydrogen-bond donors (Lipinski definition) is 0. The van der Waals surface area contributed by atoms with Crippen LogP contribution >= 0.6 is 11.8 Å². The van der Waals surface area contributed by atoms with Crippen molar-refractivity contribution in [1.29, 1.82) is 0 Å². The second-order valence-electron chi connectivity index (χ2n) is 6.99. The topological polar surface area (TPSA) is 79.0 Å². The Balaban J connectivity index is 1.64. The molecule has 0 N–H and O–H groups in total. The van der Waals surface area contributed by atoms with Gasteiger partial charge in [-0.1, -0.05) is 48.2 Å². The van der Waals surface area contributed by atoms with Gasteiger partial charge in [-0.15, -0.1) is 10.2 Å². The predicted octanol–water partition coefficient (Wildman–Crippen LogP) is 3.48. The lowest BCUT2D eigenvalue weighted by Gasteiger charge is -2.10. The van der Waals surface area contributed by atoms with E-state index in [-0.39, 0.29) is 24.1 Å². The van der Waals surface area contributed by atoms with Crippen LogP contribution in [-0.2, 0) is 33.8 Å². The Bertz CT molecular complexity index is 1170. The van der Waals surface area contributed by atoms with Gasteiger partial charge in [0.25, 0.3) is 0 Å². The summed E-state index contributed by atoms with van der Waals surface area (Å²) in [7, 11) is 1.35. The summed E-state index contributed by atoms with van der Waals surface area (Å²) >= 11 is 1.23. The zero-order chi connectivity index (χ0) is 21.1. The molecule has 30 heavy (non-hydrogen) atoms. The molecule has 0 bridgehead atoms. The molecule has 0 unspecified atom stereocenters. The van der Waals surface area contributed by atoms with Crippen LogP contribution in [0.2, 0.25) is 0 Å². The van der Waals surface area contributed by atoms with Gasteiger partial charge in [-0.3, -0.25) is 14.2 Å². The van der Waals surface area contributed by atoms with Crippen molar-refractivity contribution >= 4 is 45.3 Å². The number of aryl methyl sites for hydroxylation is 2.